The van der Waals surface area contributed by atoms with Crippen LogP contribution in [0.2, 0.25) is 5.02 Å². The number of rotatable bonds is 3. The second-order valence-electron chi connectivity index (χ2n) is 5.51. The Bertz CT molecular complexity index is 481. The lowest BCUT2D eigenvalue weighted by atomic mass is 10.0. The highest BCUT2D eigenvalue weighted by atomic mass is 35.5. The van der Waals surface area contributed by atoms with Crippen LogP contribution < -0.4 is 0 Å². The van der Waals surface area contributed by atoms with E-state index in [0.29, 0.717) is 17.1 Å². The standard InChI is InChI=1S/C15H20ClNO2/c1-11-12(6-5-7-13(11)16)14(18)17(2)10-15(19)8-3-4-9-15/h5-7,19H,3-4,8-10H2,1-2H3. The minimum atomic E-state index is -0.711. The Morgan fingerprint density at radius 1 is 1.42 bits per heavy atom. The molecule has 0 spiro atoms. The third kappa shape index (κ3) is 3.10. The minimum absolute atomic E-state index is 0.0830. The summed E-state index contributed by atoms with van der Waals surface area (Å²) in [5, 5.41) is 11.0. The van der Waals surface area contributed by atoms with Gasteiger partial charge in [0.15, 0.2) is 0 Å². The van der Waals surface area contributed by atoms with E-state index in [1.807, 2.05) is 6.92 Å². The van der Waals surface area contributed by atoms with E-state index in [1.165, 1.54) is 0 Å². The molecular formula is C15H20ClNO2. The van der Waals surface area contributed by atoms with E-state index in [-0.39, 0.29) is 5.91 Å². The molecule has 1 aliphatic carbocycles. The van der Waals surface area contributed by atoms with Crippen molar-refractivity contribution in [3.8, 4) is 0 Å². The fourth-order valence-corrected chi connectivity index (χ4v) is 2.92. The maximum Gasteiger partial charge on any atom is 0.254 e. The molecule has 0 unspecified atom stereocenters. The summed E-state index contributed by atoms with van der Waals surface area (Å²) in [6.45, 7) is 2.23. The van der Waals surface area contributed by atoms with E-state index in [2.05, 4.69) is 0 Å². The van der Waals surface area contributed by atoms with Crippen LogP contribution in [0.25, 0.3) is 0 Å². The first-order chi connectivity index (χ1) is 8.93. The number of amides is 1. The van der Waals surface area contributed by atoms with Gasteiger partial charge in [0.25, 0.3) is 5.91 Å². The van der Waals surface area contributed by atoms with E-state index in [9.17, 15) is 9.90 Å². The molecule has 1 saturated carbocycles. The average Bonchev–Trinajstić information content (AvgIpc) is 2.78. The molecule has 1 aromatic carbocycles. The zero-order valence-electron chi connectivity index (χ0n) is 11.4. The van der Waals surface area contributed by atoms with Gasteiger partial charge in [0.2, 0.25) is 0 Å². The van der Waals surface area contributed by atoms with E-state index in [1.54, 1.807) is 30.1 Å². The molecule has 0 heterocycles. The van der Waals surface area contributed by atoms with E-state index in [0.717, 1.165) is 31.2 Å². The summed E-state index contributed by atoms with van der Waals surface area (Å²) in [5.41, 5.74) is 0.688. The summed E-state index contributed by atoms with van der Waals surface area (Å²) in [7, 11) is 1.74. The Morgan fingerprint density at radius 3 is 2.68 bits per heavy atom. The lowest BCUT2D eigenvalue weighted by Gasteiger charge is -2.29. The Morgan fingerprint density at radius 2 is 2.05 bits per heavy atom. The molecule has 0 radical (unpaired) electrons. The number of nitrogens with zero attached hydrogens (tertiary/aromatic N) is 1. The smallest absolute Gasteiger partial charge is 0.254 e. The predicted octanol–water partition coefficient (Wildman–Crippen LogP) is 3.03. The summed E-state index contributed by atoms with van der Waals surface area (Å²) in [4.78, 5) is 14.0. The third-order valence-electron chi connectivity index (χ3n) is 3.91. The number of carbonyl (C=O) groups excluding carboxylic acids is 1. The summed E-state index contributed by atoms with van der Waals surface area (Å²) < 4.78 is 0. The molecule has 0 aliphatic heterocycles. The Balaban J connectivity index is 2.12. The zero-order valence-corrected chi connectivity index (χ0v) is 12.2. The largest absolute Gasteiger partial charge is 0.388 e. The molecule has 1 amide bonds. The molecule has 1 N–H and O–H groups in total. The molecule has 0 aromatic heterocycles. The second-order valence-corrected chi connectivity index (χ2v) is 5.91. The first-order valence-corrected chi connectivity index (χ1v) is 7.04. The highest BCUT2D eigenvalue weighted by Crippen LogP contribution is 2.30. The van der Waals surface area contributed by atoms with Gasteiger partial charge in [-0.1, -0.05) is 30.5 Å². The fourth-order valence-electron chi connectivity index (χ4n) is 2.75. The predicted molar refractivity (Wildman–Crippen MR) is 76.6 cm³/mol. The number of aliphatic hydroxyl groups is 1. The van der Waals surface area contributed by atoms with Crippen LogP contribution in [0, 0.1) is 6.92 Å². The van der Waals surface area contributed by atoms with Gasteiger partial charge >= 0.3 is 0 Å². The highest BCUT2D eigenvalue weighted by molar-refractivity contribution is 6.31. The van der Waals surface area contributed by atoms with Crippen molar-refractivity contribution in [1.29, 1.82) is 0 Å². The van der Waals surface area contributed by atoms with Crippen molar-refractivity contribution >= 4 is 17.5 Å². The van der Waals surface area contributed by atoms with Crippen LogP contribution in [0.1, 0.15) is 41.6 Å². The maximum absolute atomic E-state index is 12.4. The first kappa shape index (κ1) is 14.4. The number of hydrogen-bond acceptors (Lipinski definition) is 2. The van der Waals surface area contributed by atoms with Crippen molar-refractivity contribution in [2.24, 2.45) is 0 Å². The molecule has 19 heavy (non-hydrogen) atoms. The molecule has 0 bridgehead atoms. The summed E-state index contributed by atoms with van der Waals surface area (Å²) in [6, 6.07) is 5.33. The quantitative estimate of drug-likeness (QED) is 0.925. The lowest BCUT2D eigenvalue weighted by molar-refractivity contribution is 0.0156. The van der Waals surface area contributed by atoms with Gasteiger partial charge in [0.05, 0.1) is 5.60 Å². The van der Waals surface area contributed by atoms with E-state index in [4.69, 9.17) is 11.6 Å². The highest BCUT2D eigenvalue weighted by Gasteiger charge is 2.33. The van der Waals surface area contributed by atoms with Gasteiger partial charge in [-0.15, -0.1) is 0 Å². The monoisotopic (exact) mass is 281 g/mol. The van der Waals surface area contributed by atoms with Gasteiger partial charge in [-0.25, -0.2) is 0 Å². The number of carbonyl (C=O) groups is 1. The molecule has 0 atom stereocenters. The van der Waals surface area contributed by atoms with Gasteiger partial charge in [-0.05, 0) is 37.5 Å². The maximum atomic E-state index is 12.4. The van der Waals surface area contributed by atoms with E-state index >= 15 is 0 Å². The lowest BCUT2D eigenvalue weighted by Crippen LogP contribution is -2.42. The fraction of sp³-hybridized carbons (Fsp3) is 0.533. The average molecular weight is 282 g/mol. The number of halogens is 1. The topological polar surface area (TPSA) is 40.5 Å². The molecule has 1 fully saturated rings. The minimum Gasteiger partial charge on any atom is -0.388 e. The van der Waals surface area contributed by atoms with Crippen LogP contribution in [0.4, 0.5) is 0 Å². The van der Waals surface area contributed by atoms with E-state index < -0.39 is 5.60 Å². The van der Waals surface area contributed by atoms with Crippen molar-refractivity contribution in [2.75, 3.05) is 13.6 Å². The molecular weight excluding hydrogens is 262 g/mol. The second kappa shape index (κ2) is 5.51. The van der Waals surface area contributed by atoms with Gasteiger partial charge in [-0.3, -0.25) is 4.79 Å². The van der Waals surface area contributed by atoms with Crippen LogP contribution in [0.3, 0.4) is 0 Å². The van der Waals surface area contributed by atoms with Gasteiger partial charge in [-0.2, -0.15) is 0 Å². The summed E-state index contributed by atoms with van der Waals surface area (Å²) in [5.74, 6) is -0.0830. The van der Waals surface area contributed by atoms with Crippen LogP contribution in [-0.4, -0.2) is 35.1 Å². The molecule has 0 saturated heterocycles. The van der Waals surface area contributed by atoms with Gasteiger partial charge < -0.3 is 10.0 Å². The molecule has 1 aliphatic rings. The third-order valence-corrected chi connectivity index (χ3v) is 4.32. The normalized spacial score (nSPS) is 17.5. The molecule has 3 nitrogen and oxygen atoms in total. The van der Waals surface area contributed by atoms with Crippen molar-refractivity contribution in [3.63, 3.8) is 0 Å². The molecule has 104 valence electrons. The molecule has 2 rings (SSSR count). The zero-order chi connectivity index (χ0) is 14.0. The van der Waals surface area contributed by atoms with Crippen molar-refractivity contribution in [2.45, 2.75) is 38.2 Å². The Labute approximate surface area is 119 Å². The van der Waals surface area contributed by atoms with Crippen LogP contribution >= 0.6 is 11.6 Å². The van der Waals surface area contributed by atoms with Crippen molar-refractivity contribution in [1.82, 2.24) is 4.90 Å². The van der Waals surface area contributed by atoms with Gasteiger partial charge in [0.1, 0.15) is 0 Å². The number of likely N-dealkylation sites (N-methyl/N-ethyl adjacent to an activating group) is 1. The first-order valence-electron chi connectivity index (χ1n) is 6.66. The van der Waals surface area contributed by atoms with Gasteiger partial charge in [0, 0.05) is 24.2 Å². The number of benzene rings is 1. The molecule has 4 heteroatoms. The van der Waals surface area contributed by atoms with Crippen LogP contribution in [0.15, 0.2) is 18.2 Å². The summed E-state index contributed by atoms with van der Waals surface area (Å²) in [6.07, 6.45) is 3.63. The van der Waals surface area contributed by atoms with Crippen molar-refractivity contribution < 1.29 is 9.90 Å². The number of hydrogen-bond donors (Lipinski definition) is 1. The Kier molecular flexibility index (Phi) is 4.16. The van der Waals surface area contributed by atoms with Crippen molar-refractivity contribution in [3.05, 3.63) is 34.3 Å². The summed E-state index contributed by atoms with van der Waals surface area (Å²) >= 11 is 6.04. The van der Waals surface area contributed by atoms with Crippen LogP contribution in [-0.2, 0) is 0 Å². The molecule has 1 aromatic rings. The van der Waals surface area contributed by atoms with Crippen LogP contribution in [0.5, 0.6) is 0 Å². The Hall–Kier alpha value is -1.06. The SMILES string of the molecule is Cc1c(Cl)cccc1C(=O)N(C)CC1(O)CCCC1.